The molecule has 7 nitrogen and oxygen atoms in total. The molecule has 0 bridgehead atoms. The van der Waals surface area contributed by atoms with Crippen LogP contribution in [-0.2, 0) is 16.1 Å². The lowest BCUT2D eigenvalue weighted by molar-refractivity contribution is -0.137. The van der Waals surface area contributed by atoms with Gasteiger partial charge in [0.2, 0.25) is 6.79 Å². The smallest absolute Gasteiger partial charge is 0.278 e. The summed E-state index contributed by atoms with van der Waals surface area (Å²) < 4.78 is 10.7. The van der Waals surface area contributed by atoms with Gasteiger partial charge in [-0.25, -0.2) is 0 Å². The summed E-state index contributed by atoms with van der Waals surface area (Å²) in [7, 11) is 0. The van der Waals surface area contributed by atoms with E-state index in [1.54, 1.807) is 42.7 Å². The number of aromatic nitrogens is 1. The minimum Gasteiger partial charge on any atom is -0.454 e. The van der Waals surface area contributed by atoms with E-state index in [0.717, 1.165) is 10.4 Å². The van der Waals surface area contributed by atoms with Gasteiger partial charge in [-0.1, -0.05) is 6.07 Å². The number of rotatable bonds is 5. The van der Waals surface area contributed by atoms with E-state index in [4.69, 9.17) is 9.47 Å². The minimum atomic E-state index is -0.368. The van der Waals surface area contributed by atoms with Crippen LogP contribution in [0.5, 0.6) is 11.5 Å². The van der Waals surface area contributed by atoms with Crippen molar-refractivity contribution < 1.29 is 19.1 Å². The highest BCUT2D eigenvalue weighted by Crippen LogP contribution is 2.37. The average molecular weight is 405 g/mol. The Hall–Kier alpha value is -3.65. The Morgan fingerprint density at radius 1 is 1.03 bits per heavy atom. The van der Waals surface area contributed by atoms with Crippen LogP contribution < -0.4 is 14.8 Å². The van der Waals surface area contributed by atoms with Crippen LogP contribution in [0.1, 0.15) is 10.4 Å². The van der Waals surface area contributed by atoms with Crippen molar-refractivity contribution in [2.75, 3.05) is 12.1 Å². The Balaban J connectivity index is 1.51. The number of nitrogens with zero attached hydrogens (tertiary/aromatic N) is 2. The van der Waals surface area contributed by atoms with Gasteiger partial charge < -0.3 is 14.8 Å². The van der Waals surface area contributed by atoms with Gasteiger partial charge in [0, 0.05) is 29.0 Å². The zero-order valence-corrected chi connectivity index (χ0v) is 15.9. The zero-order valence-electron chi connectivity index (χ0n) is 15.1. The molecule has 144 valence electrons. The van der Waals surface area contributed by atoms with Crippen molar-refractivity contribution in [3.8, 4) is 11.5 Å². The highest BCUT2D eigenvalue weighted by Gasteiger charge is 2.39. The fourth-order valence-corrected chi connectivity index (χ4v) is 4.04. The minimum absolute atomic E-state index is 0.166. The Morgan fingerprint density at radius 2 is 1.86 bits per heavy atom. The molecule has 4 heterocycles. The number of anilines is 1. The summed E-state index contributed by atoms with van der Waals surface area (Å²) in [5, 5.41) is 5.01. The first-order valence-corrected chi connectivity index (χ1v) is 9.78. The number of amides is 2. The predicted molar refractivity (Wildman–Crippen MR) is 107 cm³/mol. The number of nitrogens with one attached hydrogen (secondary N) is 1. The molecular weight excluding hydrogens is 390 g/mol. The number of hydrogen-bond donors (Lipinski definition) is 1. The van der Waals surface area contributed by atoms with E-state index in [0.29, 0.717) is 22.8 Å². The van der Waals surface area contributed by atoms with E-state index >= 15 is 0 Å². The molecule has 0 saturated heterocycles. The molecule has 2 amide bonds. The second-order valence-corrected chi connectivity index (χ2v) is 7.42. The first-order valence-electron chi connectivity index (χ1n) is 8.90. The first kappa shape index (κ1) is 17.4. The molecule has 1 N–H and O–H groups in total. The molecular formula is C21H15N3O4S. The standard InChI is InChI=1S/C21H15N3O4S/c25-20-18(17-2-1-9-29-17)19(21(26)24(20)11-13-5-7-22-8-6-13)23-14-3-4-15-16(10-14)28-12-27-15/h1-10,23H,11-12H2. The van der Waals surface area contributed by atoms with Crippen LogP contribution in [-0.4, -0.2) is 28.5 Å². The topological polar surface area (TPSA) is 80.8 Å². The largest absolute Gasteiger partial charge is 0.454 e. The third-order valence-corrected chi connectivity index (χ3v) is 5.55. The number of benzene rings is 1. The Morgan fingerprint density at radius 3 is 2.66 bits per heavy atom. The highest BCUT2D eigenvalue weighted by atomic mass is 32.1. The van der Waals surface area contributed by atoms with Crippen molar-refractivity contribution in [2.24, 2.45) is 0 Å². The number of imide groups is 1. The fourth-order valence-electron chi connectivity index (χ4n) is 3.27. The van der Waals surface area contributed by atoms with Gasteiger partial charge in [-0.05, 0) is 41.3 Å². The molecule has 0 unspecified atom stereocenters. The summed E-state index contributed by atoms with van der Waals surface area (Å²) in [6.45, 7) is 0.348. The van der Waals surface area contributed by atoms with Crippen molar-refractivity contribution in [3.63, 3.8) is 0 Å². The molecule has 0 aliphatic carbocycles. The second kappa shape index (κ2) is 7.06. The van der Waals surface area contributed by atoms with E-state index in [9.17, 15) is 9.59 Å². The van der Waals surface area contributed by atoms with Gasteiger partial charge >= 0.3 is 0 Å². The van der Waals surface area contributed by atoms with Crippen molar-refractivity contribution in [3.05, 3.63) is 76.4 Å². The van der Waals surface area contributed by atoms with Gasteiger partial charge in [0.15, 0.2) is 11.5 Å². The number of carbonyl (C=O) groups excluding carboxylic acids is 2. The van der Waals surface area contributed by atoms with Crippen LogP contribution in [0.3, 0.4) is 0 Å². The summed E-state index contributed by atoms with van der Waals surface area (Å²) in [4.78, 5) is 32.3. The molecule has 0 saturated carbocycles. The van der Waals surface area contributed by atoms with Gasteiger partial charge in [-0.2, -0.15) is 0 Å². The monoisotopic (exact) mass is 405 g/mol. The van der Waals surface area contributed by atoms with E-state index in [-0.39, 0.29) is 30.8 Å². The summed E-state index contributed by atoms with van der Waals surface area (Å²) in [5.41, 5.74) is 2.10. The third-order valence-electron chi connectivity index (χ3n) is 4.67. The average Bonchev–Trinajstić information content (AvgIpc) is 3.47. The molecule has 5 rings (SSSR count). The number of thiophene rings is 1. The Labute approximate surface area is 170 Å². The van der Waals surface area contributed by atoms with E-state index in [2.05, 4.69) is 10.3 Å². The van der Waals surface area contributed by atoms with Gasteiger partial charge in [0.25, 0.3) is 11.8 Å². The Kier molecular flexibility index (Phi) is 4.25. The quantitative estimate of drug-likeness (QED) is 0.657. The predicted octanol–water partition coefficient (Wildman–Crippen LogP) is 3.26. The van der Waals surface area contributed by atoms with Crippen LogP contribution in [0.2, 0.25) is 0 Å². The van der Waals surface area contributed by atoms with Crippen molar-refractivity contribution in [2.45, 2.75) is 6.54 Å². The van der Waals surface area contributed by atoms with Gasteiger partial charge in [-0.15, -0.1) is 11.3 Å². The van der Waals surface area contributed by atoms with E-state index < -0.39 is 0 Å². The number of pyridine rings is 1. The maximum atomic E-state index is 13.2. The lowest BCUT2D eigenvalue weighted by Crippen LogP contribution is -2.31. The summed E-state index contributed by atoms with van der Waals surface area (Å²) in [6.07, 6.45) is 3.28. The lowest BCUT2D eigenvalue weighted by atomic mass is 10.1. The summed E-state index contributed by atoms with van der Waals surface area (Å²) >= 11 is 1.42. The van der Waals surface area contributed by atoms with E-state index in [1.165, 1.54) is 16.2 Å². The zero-order chi connectivity index (χ0) is 19.8. The SMILES string of the molecule is O=C1C(Nc2ccc3c(c2)OCO3)=C(c2cccs2)C(=O)N1Cc1ccncc1. The maximum Gasteiger partial charge on any atom is 0.278 e. The molecule has 1 aromatic carbocycles. The van der Waals surface area contributed by atoms with Gasteiger partial charge in [0.1, 0.15) is 5.70 Å². The molecule has 29 heavy (non-hydrogen) atoms. The Bertz CT molecular complexity index is 1130. The molecule has 2 aliphatic rings. The summed E-state index contributed by atoms with van der Waals surface area (Å²) in [5.74, 6) is 0.556. The summed E-state index contributed by atoms with van der Waals surface area (Å²) in [6, 6.07) is 12.6. The van der Waals surface area contributed by atoms with Crippen molar-refractivity contribution >= 4 is 34.4 Å². The van der Waals surface area contributed by atoms with Crippen LogP contribution in [0.25, 0.3) is 5.57 Å². The fraction of sp³-hybridized carbons (Fsp3) is 0.0952. The third kappa shape index (κ3) is 3.13. The molecule has 2 aliphatic heterocycles. The number of ether oxygens (including phenoxy) is 2. The van der Waals surface area contributed by atoms with E-state index in [1.807, 2.05) is 17.5 Å². The van der Waals surface area contributed by atoms with Crippen molar-refractivity contribution in [1.82, 2.24) is 9.88 Å². The van der Waals surface area contributed by atoms with Crippen LogP contribution >= 0.6 is 11.3 Å². The highest BCUT2D eigenvalue weighted by molar-refractivity contribution is 7.11. The first-order chi connectivity index (χ1) is 14.2. The number of fused-ring (bicyclic) bond motifs is 1. The molecule has 0 spiro atoms. The van der Waals surface area contributed by atoms with Crippen LogP contribution in [0.15, 0.2) is 65.9 Å². The van der Waals surface area contributed by atoms with Gasteiger partial charge in [-0.3, -0.25) is 19.5 Å². The molecule has 0 fully saturated rings. The lowest BCUT2D eigenvalue weighted by Gasteiger charge is -2.15. The molecule has 3 aromatic rings. The normalized spacial score (nSPS) is 15.4. The second-order valence-electron chi connectivity index (χ2n) is 6.47. The molecule has 8 heteroatoms. The molecule has 2 aromatic heterocycles. The maximum absolute atomic E-state index is 13.2. The molecule has 0 radical (unpaired) electrons. The van der Waals surface area contributed by atoms with Crippen molar-refractivity contribution in [1.29, 1.82) is 0 Å². The van der Waals surface area contributed by atoms with Crippen LogP contribution in [0, 0.1) is 0 Å². The number of carbonyl (C=O) groups is 2. The van der Waals surface area contributed by atoms with Gasteiger partial charge in [0.05, 0.1) is 12.1 Å². The number of hydrogen-bond acceptors (Lipinski definition) is 7. The van der Waals surface area contributed by atoms with Crippen LogP contribution in [0.4, 0.5) is 5.69 Å². The molecule has 0 atom stereocenters.